The molecule has 0 spiro atoms. The third kappa shape index (κ3) is 5.28. The highest BCUT2D eigenvalue weighted by Crippen LogP contribution is 2.42. The van der Waals surface area contributed by atoms with Crippen molar-refractivity contribution < 1.29 is 9.59 Å². The number of benzene rings is 3. The molecule has 0 aromatic heterocycles. The third-order valence-electron chi connectivity index (χ3n) is 5.21. The first-order valence-electron chi connectivity index (χ1n) is 10.4. The lowest BCUT2D eigenvalue weighted by Gasteiger charge is -2.19. The molecule has 5 nitrogen and oxygen atoms in total. The minimum Gasteiger partial charge on any atom is -0.321 e. The Morgan fingerprint density at radius 1 is 1.06 bits per heavy atom. The molecular weight excluding hydrogens is 489 g/mol. The van der Waals surface area contributed by atoms with Crippen LogP contribution in [0.1, 0.15) is 11.1 Å². The van der Waals surface area contributed by atoms with E-state index in [4.69, 9.17) is 23.2 Å². The van der Waals surface area contributed by atoms with Crippen LogP contribution >= 0.6 is 35.0 Å². The average molecular weight is 508 g/mol. The molecule has 2 amide bonds. The van der Waals surface area contributed by atoms with Crippen molar-refractivity contribution in [3.8, 4) is 6.07 Å². The number of nitriles is 1. The number of amides is 2. The lowest BCUT2D eigenvalue weighted by Crippen LogP contribution is -2.30. The molecule has 1 unspecified atom stereocenters. The molecule has 3 aromatic carbocycles. The second kappa shape index (κ2) is 10.4. The molecule has 0 saturated carbocycles. The van der Waals surface area contributed by atoms with Crippen LogP contribution in [0.2, 0.25) is 10.0 Å². The van der Waals surface area contributed by atoms with Crippen molar-refractivity contribution in [2.24, 2.45) is 0 Å². The van der Waals surface area contributed by atoms with Crippen molar-refractivity contribution in [1.29, 1.82) is 5.26 Å². The fourth-order valence-corrected chi connectivity index (χ4v) is 5.17. The summed E-state index contributed by atoms with van der Waals surface area (Å²) in [6.45, 7) is 1.94. The van der Waals surface area contributed by atoms with E-state index in [1.807, 2.05) is 37.3 Å². The van der Waals surface area contributed by atoms with Gasteiger partial charge in [-0.1, -0.05) is 64.8 Å². The van der Waals surface area contributed by atoms with E-state index in [0.29, 0.717) is 27.8 Å². The van der Waals surface area contributed by atoms with Gasteiger partial charge < -0.3 is 5.32 Å². The van der Waals surface area contributed by atoms with Gasteiger partial charge in [-0.2, -0.15) is 5.26 Å². The monoisotopic (exact) mass is 507 g/mol. The summed E-state index contributed by atoms with van der Waals surface area (Å²) in [4.78, 5) is 28.0. The molecule has 1 saturated heterocycles. The highest BCUT2D eigenvalue weighted by Gasteiger charge is 2.40. The molecule has 170 valence electrons. The van der Waals surface area contributed by atoms with Crippen molar-refractivity contribution in [3.05, 3.63) is 105 Å². The van der Waals surface area contributed by atoms with Gasteiger partial charge >= 0.3 is 0 Å². The van der Waals surface area contributed by atoms with Crippen LogP contribution < -0.4 is 10.2 Å². The van der Waals surface area contributed by atoms with E-state index in [2.05, 4.69) is 5.32 Å². The summed E-state index contributed by atoms with van der Waals surface area (Å²) in [7, 11) is 0. The zero-order chi connectivity index (χ0) is 24.2. The molecule has 1 aliphatic rings. The number of anilines is 2. The van der Waals surface area contributed by atoms with Crippen LogP contribution in [0.3, 0.4) is 0 Å². The number of thioether (sulfide) groups is 1. The Bertz CT molecular complexity index is 1320. The average Bonchev–Trinajstić information content (AvgIpc) is 3.12. The molecule has 3 aromatic rings. The maximum absolute atomic E-state index is 13.5. The number of nitrogens with zero attached hydrogens (tertiary/aromatic N) is 2. The normalized spacial score (nSPS) is 16.8. The summed E-state index contributed by atoms with van der Waals surface area (Å²) in [6.07, 6.45) is 0.399. The molecule has 1 fully saturated rings. The molecule has 8 heteroatoms. The van der Waals surface area contributed by atoms with Gasteiger partial charge in [0.15, 0.2) is 0 Å². The summed E-state index contributed by atoms with van der Waals surface area (Å²) >= 11 is 13.3. The van der Waals surface area contributed by atoms with Gasteiger partial charge in [0.2, 0.25) is 5.91 Å². The van der Waals surface area contributed by atoms with Gasteiger partial charge in [0.1, 0.15) is 16.7 Å². The first-order chi connectivity index (χ1) is 16.4. The van der Waals surface area contributed by atoms with E-state index in [0.717, 1.165) is 11.1 Å². The Balaban J connectivity index is 1.72. The van der Waals surface area contributed by atoms with Gasteiger partial charge in [-0.05, 0) is 67.4 Å². The predicted octanol–water partition coefficient (Wildman–Crippen LogP) is 6.37. The Morgan fingerprint density at radius 2 is 1.76 bits per heavy atom. The first-order valence-corrected chi connectivity index (χ1v) is 12.0. The summed E-state index contributed by atoms with van der Waals surface area (Å²) < 4.78 is 0. The van der Waals surface area contributed by atoms with Gasteiger partial charge in [0, 0.05) is 21.4 Å². The van der Waals surface area contributed by atoms with Crippen LogP contribution in [0, 0.1) is 18.3 Å². The Hall–Kier alpha value is -3.24. The van der Waals surface area contributed by atoms with Crippen LogP contribution in [-0.2, 0) is 16.0 Å². The maximum atomic E-state index is 13.5. The Kier molecular flexibility index (Phi) is 7.28. The smallest absolute Gasteiger partial charge is 0.269 e. The SMILES string of the molecule is Cc1ccc(NC(=O)C(C#N)=C2SC(Cc3cccc(Cl)c3)C(=O)N2c2ccc(Cl)cc2)cc1. The standard InChI is InChI=1S/C26H19Cl2N3O2S/c1-16-5-9-20(10-6-16)30-24(32)22(15-29)26-31(21-11-7-18(27)8-12-21)25(33)23(34-26)14-17-3-2-4-19(28)13-17/h2-13,23H,14H2,1H3,(H,30,32). The summed E-state index contributed by atoms with van der Waals surface area (Å²) in [5, 5.41) is 13.5. The molecule has 0 aliphatic carbocycles. The van der Waals surface area contributed by atoms with Crippen LogP contribution in [0.4, 0.5) is 11.4 Å². The molecular formula is C26H19Cl2N3O2S. The number of rotatable bonds is 5. The fraction of sp³-hybridized carbons (Fsp3) is 0.115. The third-order valence-corrected chi connectivity index (χ3v) is 6.96. The number of nitrogens with one attached hydrogen (secondary N) is 1. The predicted molar refractivity (Wildman–Crippen MR) is 138 cm³/mol. The number of halogens is 2. The zero-order valence-electron chi connectivity index (χ0n) is 18.1. The molecule has 1 N–H and O–H groups in total. The number of carbonyl (C=O) groups is 2. The Morgan fingerprint density at radius 3 is 2.41 bits per heavy atom. The topological polar surface area (TPSA) is 73.2 Å². The number of carbonyl (C=O) groups excluding carboxylic acids is 2. The van der Waals surface area contributed by atoms with E-state index < -0.39 is 11.2 Å². The second-order valence-corrected chi connectivity index (χ2v) is 9.77. The van der Waals surface area contributed by atoms with E-state index in [9.17, 15) is 14.9 Å². The number of hydrogen-bond acceptors (Lipinski definition) is 4. The van der Waals surface area contributed by atoms with Crippen LogP contribution in [0.15, 0.2) is 83.4 Å². The van der Waals surface area contributed by atoms with Crippen molar-refractivity contribution in [2.75, 3.05) is 10.2 Å². The lowest BCUT2D eigenvalue weighted by atomic mass is 10.1. The van der Waals surface area contributed by atoms with Gasteiger partial charge in [0.05, 0.1) is 5.25 Å². The van der Waals surface area contributed by atoms with E-state index in [-0.39, 0.29) is 16.5 Å². The largest absolute Gasteiger partial charge is 0.321 e. The van der Waals surface area contributed by atoms with Crippen molar-refractivity contribution in [2.45, 2.75) is 18.6 Å². The molecule has 4 rings (SSSR count). The maximum Gasteiger partial charge on any atom is 0.269 e. The number of aryl methyl sites for hydroxylation is 1. The number of hydrogen-bond donors (Lipinski definition) is 1. The van der Waals surface area contributed by atoms with Gasteiger partial charge in [-0.25, -0.2) is 0 Å². The highest BCUT2D eigenvalue weighted by atomic mass is 35.5. The minimum absolute atomic E-state index is 0.137. The minimum atomic E-state index is -0.580. The fourth-order valence-electron chi connectivity index (χ4n) is 3.52. The van der Waals surface area contributed by atoms with Gasteiger partial charge in [-0.3, -0.25) is 14.5 Å². The van der Waals surface area contributed by atoms with Gasteiger partial charge in [-0.15, -0.1) is 0 Å². The van der Waals surface area contributed by atoms with E-state index in [1.54, 1.807) is 48.5 Å². The van der Waals surface area contributed by atoms with Crippen molar-refractivity contribution >= 4 is 58.2 Å². The molecule has 1 heterocycles. The van der Waals surface area contributed by atoms with Crippen molar-refractivity contribution in [3.63, 3.8) is 0 Å². The zero-order valence-corrected chi connectivity index (χ0v) is 20.4. The molecule has 0 radical (unpaired) electrons. The molecule has 34 heavy (non-hydrogen) atoms. The van der Waals surface area contributed by atoms with Crippen LogP contribution in [0.25, 0.3) is 0 Å². The molecule has 1 atom stereocenters. The second-order valence-electron chi connectivity index (χ2n) is 7.70. The highest BCUT2D eigenvalue weighted by molar-refractivity contribution is 8.05. The van der Waals surface area contributed by atoms with Gasteiger partial charge in [0.25, 0.3) is 5.91 Å². The summed E-state index contributed by atoms with van der Waals surface area (Å²) in [6, 6.07) is 23.3. The molecule has 1 aliphatic heterocycles. The lowest BCUT2D eigenvalue weighted by molar-refractivity contribution is -0.117. The van der Waals surface area contributed by atoms with Crippen LogP contribution in [0.5, 0.6) is 0 Å². The quantitative estimate of drug-likeness (QED) is 0.321. The summed E-state index contributed by atoms with van der Waals surface area (Å²) in [5.41, 5.74) is 2.89. The molecule has 0 bridgehead atoms. The first kappa shape index (κ1) is 23.9. The van der Waals surface area contributed by atoms with E-state index in [1.165, 1.54) is 16.7 Å². The van der Waals surface area contributed by atoms with E-state index >= 15 is 0 Å². The summed E-state index contributed by atoms with van der Waals surface area (Å²) in [5.74, 6) is -0.804. The van der Waals surface area contributed by atoms with Crippen molar-refractivity contribution in [1.82, 2.24) is 0 Å². The Labute approximate surface area is 212 Å². The van der Waals surface area contributed by atoms with Crippen LogP contribution in [-0.4, -0.2) is 17.1 Å².